The van der Waals surface area contributed by atoms with Gasteiger partial charge in [-0.25, -0.2) is 9.37 Å². The first-order valence-electron chi connectivity index (χ1n) is 8.48. The van der Waals surface area contributed by atoms with Crippen LogP contribution in [0.15, 0.2) is 29.1 Å². The van der Waals surface area contributed by atoms with Crippen LogP contribution in [0, 0.1) is 12.7 Å². The molecule has 0 radical (unpaired) electrons. The Morgan fingerprint density at radius 3 is 2.73 bits per heavy atom. The fourth-order valence-corrected chi connectivity index (χ4v) is 3.21. The maximum absolute atomic E-state index is 13.1. The fraction of sp³-hybridized carbons (Fsp3) is 0.389. The molecule has 2 heterocycles. The van der Waals surface area contributed by atoms with Gasteiger partial charge in [-0.15, -0.1) is 0 Å². The molecule has 1 amide bonds. The lowest BCUT2D eigenvalue weighted by atomic mass is 10.2. The van der Waals surface area contributed by atoms with Crippen molar-refractivity contribution in [3.8, 4) is 0 Å². The number of carbonyl (C=O) groups is 1. The third-order valence-electron chi connectivity index (χ3n) is 4.30. The van der Waals surface area contributed by atoms with Gasteiger partial charge in [0.15, 0.2) is 0 Å². The van der Waals surface area contributed by atoms with E-state index in [0.29, 0.717) is 17.2 Å². The quantitative estimate of drug-likeness (QED) is 0.866. The van der Waals surface area contributed by atoms with E-state index >= 15 is 0 Å². The maximum atomic E-state index is 13.1. The Hall–Kier alpha value is -2.41. The first-order chi connectivity index (χ1) is 12.4. The summed E-state index contributed by atoms with van der Waals surface area (Å²) in [5.74, 6) is -0.237. The van der Waals surface area contributed by atoms with E-state index in [0.717, 1.165) is 25.9 Å². The highest BCUT2D eigenvalue weighted by atomic mass is 35.5. The predicted molar refractivity (Wildman–Crippen MR) is 97.9 cm³/mol. The molecule has 0 spiro atoms. The number of aromatic nitrogens is 2. The zero-order valence-corrected chi connectivity index (χ0v) is 15.2. The van der Waals surface area contributed by atoms with Crippen molar-refractivity contribution in [1.82, 2.24) is 14.9 Å². The Morgan fingerprint density at radius 1 is 1.31 bits per heavy atom. The lowest BCUT2D eigenvalue weighted by Crippen LogP contribution is -2.36. The van der Waals surface area contributed by atoms with E-state index in [4.69, 9.17) is 11.6 Å². The monoisotopic (exact) mass is 378 g/mol. The largest absolute Gasteiger partial charge is 0.350 e. The number of halogens is 2. The molecule has 8 heteroatoms. The van der Waals surface area contributed by atoms with E-state index in [2.05, 4.69) is 10.3 Å². The minimum absolute atomic E-state index is 0.128. The molecular formula is C18H20ClFN4O2. The predicted octanol–water partition coefficient (Wildman–Crippen LogP) is 2.26. The number of rotatable bonds is 5. The lowest BCUT2D eigenvalue weighted by Gasteiger charge is -2.21. The molecule has 0 bridgehead atoms. The summed E-state index contributed by atoms with van der Waals surface area (Å²) >= 11 is 5.96. The van der Waals surface area contributed by atoms with Crippen LogP contribution in [0.25, 0.3) is 0 Å². The van der Waals surface area contributed by atoms with Crippen molar-refractivity contribution in [2.24, 2.45) is 0 Å². The van der Waals surface area contributed by atoms with Crippen LogP contribution < -0.4 is 15.8 Å². The molecule has 0 saturated carbocycles. The molecule has 1 N–H and O–H groups in total. The van der Waals surface area contributed by atoms with E-state index in [1.807, 2.05) is 4.90 Å². The number of benzene rings is 1. The van der Waals surface area contributed by atoms with Crippen molar-refractivity contribution in [3.05, 3.63) is 56.7 Å². The maximum Gasteiger partial charge on any atom is 0.255 e. The van der Waals surface area contributed by atoms with Crippen LogP contribution in [0.1, 0.15) is 24.1 Å². The highest BCUT2D eigenvalue weighted by Crippen LogP contribution is 2.18. The average Bonchev–Trinajstić information content (AvgIpc) is 3.10. The highest BCUT2D eigenvalue weighted by molar-refractivity contribution is 6.31. The standard InChI is InChI=1S/C18H20ClFN4O2/c1-12-8-17(26)24(18(22-12)23-6-2-3-7-23)11-16(25)21-10-13-4-5-14(20)9-15(13)19/h4-5,8-9H,2-3,6-7,10-11H2,1H3,(H,21,25). The second-order valence-corrected chi connectivity index (χ2v) is 6.74. The number of amides is 1. The minimum atomic E-state index is -0.433. The van der Waals surface area contributed by atoms with Gasteiger partial charge in [0.2, 0.25) is 11.9 Å². The van der Waals surface area contributed by atoms with Crippen LogP contribution in [0.3, 0.4) is 0 Å². The van der Waals surface area contributed by atoms with Crippen LogP contribution in [-0.2, 0) is 17.9 Å². The molecule has 0 atom stereocenters. The Kier molecular flexibility index (Phi) is 5.56. The molecule has 3 rings (SSSR count). The number of carbonyl (C=O) groups excluding carboxylic acids is 1. The van der Waals surface area contributed by atoms with Gasteiger partial charge in [-0.3, -0.25) is 14.2 Å². The zero-order valence-electron chi connectivity index (χ0n) is 14.5. The Bertz CT molecular complexity index is 878. The molecule has 1 aromatic heterocycles. The summed E-state index contributed by atoms with van der Waals surface area (Å²) in [4.78, 5) is 31.2. The van der Waals surface area contributed by atoms with Crippen molar-refractivity contribution < 1.29 is 9.18 Å². The highest BCUT2D eigenvalue weighted by Gasteiger charge is 2.20. The fourth-order valence-electron chi connectivity index (χ4n) is 2.97. The SMILES string of the molecule is Cc1cc(=O)n(CC(=O)NCc2ccc(F)cc2Cl)c(N2CCCC2)n1. The molecule has 1 aliphatic rings. The number of nitrogens with one attached hydrogen (secondary N) is 1. The summed E-state index contributed by atoms with van der Waals surface area (Å²) in [7, 11) is 0. The Balaban J connectivity index is 1.73. The third-order valence-corrected chi connectivity index (χ3v) is 4.65. The van der Waals surface area contributed by atoms with Gasteiger partial charge in [-0.1, -0.05) is 17.7 Å². The number of hydrogen-bond donors (Lipinski definition) is 1. The molecule has 0 aliphatic carbocycles. The van der Waals surface area contributed by atoms with Crippen LogP contribution in [-0.4, -0.2) is 28.5 Å². The molecule has 1 saturated heterocycles. The molecule has 138 valence electrons. The summed E-state index contributed by atoms with van der Waals surface area (Å²) < 4.78 is 14.5. The van der Waals surface area contributed by atoms with Crippen LogP contribution in [0.2, 0.25) is 5.02 Å². The summed E-state index contributed by atoms with van der Waals surface area (Å²) in [5.41, 5.74) is 0.983. The first-order valence-corrected chi connectivity index (χ1v) is 8.86. The lowest BCUT2D eigenvalue weighted by molar-refractivity contribution is -0.121. The van der Waals surface area contributed by atoms with E-state index in [-0.39, 0.29) is 29.6 Å². The molecule has 1 aliphatic heterocycles. The summed E-state index contributed by atoms with van der Waals surface area (Å²) in [6.07, 6.45) is 2.08. The molecule has 1 aromatic carbocycles. The van der Waals surface area contributed by atoms with Crippen LogP contribution in [0.5, 0.6) is 0 Å². The van der Waals surface area contributed by atoms with Gasteiger partial charge in [0.1, 0.15) is 12.4 Å². The second kappa shape index (κ2) is 7.86. The van der Waals surface area contributed by atoms with E-state index in [9.17, 15) is 14.0 Å². The summed E-state index contributed by atoms with van der Waals surface area (Å²) in [5, 5.41) is 2.96. The van der Waals surface area contributed by atoms with Crippen molar-refractivity contribution in [2.45, 2.75) is 32.9 Å². The van der Waals surface area contributed by atoms with Crippen molar-refractivity contribution in [1.29, 1.82) is 0 Å². The summed E-state index contributed by atoms with van der Waals surface area (Å²) in [6.45, 7) is 3.44. The topological polar surface area (TPSA) is 67.2 Å². The molecule has 6 nitrogen and oxygen atoms in total. The van der Waals surface area contributed by atoms with Gasteiger partial charge in [0.25, 0.3) is 5.56 Å². The van der Waals surface area contributed by atoms with Crippen LogP contribution in [0.4, 0.5) is 10.3 Å². The van der Waals surface area contributed by atoms with Crippen molar-refractivity contribution in [3.63, 3.8) is 0 Å². The molecule has 1 fully saturated rings. The Morgan fingerprint density at radius 2 is 2.04 bits per heavy atom. The molecular weight excluding hydrogens is 359 g/mol. The van der Waals surface area contributed by atoms with E-state index in [1.54, 1.807) is 6.92 Å². The number of hydrogen-bond acceptors (Lipinski definition) is 4. The van der Waals surface area contributed by atoms with Gasteiger partial charge < -0.3 is 10.2 Å². The second-order valence-electron chi connectivity index (χ2n) is 6.33. The van der Waals surface area contributed by atoms with Gasteiger partial charge in [-0.05, 0) is 37.5 Å². The number of anilines is 1. The summed E-state index contributed by atoms with van der Waals surface area (Å²) in [6, 6.07) is 5.42. The third kappa shape index (κ3) is 4.22. The normalized spacial score (nSPS) is 13.9. The Labute approximate surface area is 155 Å². The van der Waals surface area contributed by atoms with Gasteiger partial charge in [-0.2, -0.15) is 0 Å². The molecule has 0 unspecified atom stereocenters. The van der Waals surface area contributed by atoms with Crippen molar-refractivity contribution in [2.75, 3.05) is 18.0 Å². The van der Waals surface area contributed by atoms with E-state index in [1.165, 1.54) is 28.8 Å². The van der Waals surface area contributed by atoms with Crippen LogP contribution >= 0.6 is 11.6 Å². The minimum Gasteiger partial charge on any atom is -0.350 e. The van der Waals surface area contributed by atoms with Gasteiger partial charge in [0.05, 0.1) is 0 Å². The number of nitrogens with zero attached hydrogens (tertiary/aromatic N) is 3. The molecule has 26 heavy (non-hydrogen) atoms. The van der Waals surface area contributed by atoms with E-state index < -0.39 is 5.82 Å². The van der Waals surface area contributed by atoms with Gasteiger partial charge in [0, 0.05) is 36.4 Å². The zero-order chi connectivity index (χ0) is 18.7. The molecule has 2 aromatic rings. The van der Waals surface area contributed by atoms with Crippen molar-refractivity contribution >= 4 is 23.5 Å². The first kappa shape index (κ1) is 18.4. The smallest absolute Gasteiger partial charge is 0.255 e. The van der Waals surface area contributed by atoms with Gasteiger partial charge >= 0.3 is 0 Å². The number of aryl methyl sites for hydroxylation is 1. The average molecular weight is 379 g/mol.